The van der Waals surface area contributed by atoms with Crippen LogP contribution in [0.15, 0.2) is 52.9 Å². The lowest BCUT2D eigenvalue weighted by Gasteiger charge is -2.26. The molecule has 0 aliphatic carbocycles. The summed E-state index contributed by atoms with van der Waals surface area (Å²) in [6.07, 6.45) is 1.32. The number of carbonyl (C=O) groups excluding carboxylic acids is 3. The Labute approximate surface area is 193 Å². The summed E-state index contributed by atoms with van der Waals surface area (Å²) < 4.78 is 25.0. The molecule has 0 saturated heterocycles. The number of thiophene rings is 1. The van der Waals surface area contributed by atoms with Gasteiger partial charge in [-0.25, -0.2) is 18.3 Å². The number of pyridine rings is 1. The van der Waals surface area contributed by atoms with Crippen LogP contribution in [0.1, 0.15) is 27.0 Å². The van der Waals surface area contributed by atoms with Gasteiger partial charge < -0.3 is 0 Å². The zero-order chi connectivity index (χ0) is 23.0. The van der Waals surface area contributed by atoms with Gasteiger partial charge in [-0.1, -0.05) is 35.4 Å². The zero-order valence-electron chi connectivity index (χ0n) is 16.9. The third kappa shape index (κ3) is 4.50. The van der Waals surface area contributed by atoms with Gasteiger partial charge in [0.1, 0.15) is 15.8 Å². The summed E-state index contributed by atoms with van der Waals surface area (Å²) in [5.41, 5.74) is 2.53. The highest BCUT2D eigenvalue weighted by Crippen LogP contribution is 2.27. The summed E-state index contributed by atoms with van der Waals surface area (Å²) in [5.74, 6) is -1.83. The molecule has 0 N–H and O–H groups in total. The Morgan fingerprint density at radius 3 is 2.59 bits per heavy atom. The number of nitrogens with zero attached hydrogens (tertiary/aromatic N) is 2. The Balaban J connectivity index is 1.48. The van der Waals surface area contributed by atoms with Crippen molar-refractivity contribution in [3.05, 3.63) is 75.3 Å². The number of anilines is 1. The van der Waals surface area contributed by atoms with Gasteiger partial charge in [-0.15, -0.1) is 11.3 Å². The number of halogens is 1. The van der Waals surface area contributed by atoms with Crippen LogP contribution in [0.4, 0.5) is 5.82 Å². The molecule has 32 heavy (non-hydrogen) atoms. The van der Waals surface area contributed by atoms with Gasteiger partial charge in [0.05, 0.1) is 10.8 Å². The molecule has 0 unspecified atom stereocenters. The van der Waals surface area contributed by atoms with Crippen molar-refractivity contribution in [2.24, 2.45) is 0 Å². The fourth-order valence-electron chi connectivity index (χ4n) is 3.43. The van der Waals surface area contributed by atoms with Crippen molar-refractivity contribution in [2.45, 2.75) is 24.0 Å². The molecule has 0 spiro atoms. The van der Waals surface area contributed by atoms with Crippen LogP contribution in [0.3, 0.4) is 0 Å². The lowest BCUT2D eigenvalue weighted by atomic mass is 9.96. The minimum Gasteiger partial charge on any atom is -0.298 e. The highest BCUT2D eigenvalue weighted by atomic mass is 35.5. The molecule has 3 heterocycles. The summed E-state index contributed by atoms with van der Waals surface area (Å²) >= 11 is 6.68. The van der Waals surface area contributed by atoms with Gasteiger partial charge in [-0.05, 0) is 42.3 Å². The van der Waals surface area contributed by atoms with Crippen molar-refractivity contribution in [2.75, 3.05) is 10.7 Å². The molecule has 1 aromatic carbocycles. The highest BCUT2D eigenvalue weighted by Gasteiger charge is 2.33. The zero-order valence-corrected chi connectivity index (χ0v) is 19.3. The van der Waals surface area contributed by atoms with E-state index in [1.807, 2.05) is 13.0 Å². The summed E-state index contributed by atoms with van der Waals surface area (Å²) in [7, 11) is -3.76. The number of aryl methyl sites for hydroxylation is 1. The van der Waals surface area contributed by atoms with E-state index in [-0.39, 0.29) is 28.8 Å². The van der Waals surface area contributed by atoms with Crippen molar-refractivity contribution in [1.29, 1.82) is 0 Å². The van der Waals surface area contributed by atoms with E-state index < -0.39 is 27.3 Å². The number of carbonyl (C=O) groups is 3. The summed E-state index contributed by atoms with van der Waals surface area (Å²) in [4.78, 5) is 42.9. The lowest BCUT2D eigenvalue weighted by molar-refractivity contribution is -0.118. The number of fused-ring (bicyclic) bond motifs is 1. The van der Waals surface area contributed by atoms with Gasteiger partial charge in [-0.3, -0.25) is 14.4 Å². The minimum absolute atomic E-state index is 0.0435. The number of amides is 2. The van der Waals surface area contributed by atoms with Gasteiger partial charge in [-0.2, -0.15) is 0 Å². The van der Waals surface area contributed by atoms with E-state index in [1.165, 1.54) is 24.4 Å². The van der Waals surface area contributed by atoms with Crippen molar-refractivity contribution in [3.63, 3.8) is 0 Å². The second kappa shape index (κ2) is 8.57. The molecule has 3 aromatic rings. The first-order chi connectivity index (χ1) is 15.1. The standard InChI is InChI=1S/C22H17ClN2O5S2/c1-13-2-4-15-10-20(27)25(22(28)17(15)8-13)19-6-3-14(11-24-19)9-16(26)12-32(29,30)21-7-5-18(23)31-21/h2-8,11H,9-10,12H2,1H3. The monoisotopic (exact) mass is 488 g/mol. The molecular formula is C22H17ClN2O5S2. The van der Waals surface area contributed by atoms with E-state index in [0.29, 0.717) is 21.0 Å². The van der Waals surface area contributed by atoms with E-state index in [0.717, 1.165) is 21.8 Å². The molecule has 164 valence electrons. The van der Waals surface area contributed by atoms with Crippen LogP contribution in [0, 0.1) is 6.92 Å². The van der Waals surface area contributed by atoms with Crippen LogP contribution in [0.5, 0.6) is 0 Å². The smallest absolute Gasteiger partial charge is 0.266 e. The van der Waals surface area contributed by atoms with Crippen LogP contribution >= 0.6 is 22.9 Å². The summed E-state index contributed by atoms with van der Waals surface area (Å²) in [6.45, 7) is 1.87. The molecule has 0 radical (unpaired) electrons. The normalized spacial score (nSPS) is 13.9. The van der Waals surface area contributed by atoms with Crippen LogP contribution in [0.25, 0.3) is 0 Å². The van der Waals surface area contributed by atoms with Gasteiger partial charge >= 0.3 is 0 Å². The average Bonchev–Trinajstić information content (AvgIpc) is 3.17. The third-order valence-electron chi connectivity index (χ3n) is 4.94. The number of Topliss-reactive ketones (excluding diaryl/α,β-unsaturated/α-hetero) is 1. The molecule has 0 bridgehead atoms. The Bertz CT molecular complexity index is 1350. The minimum atomic E-state index is -3.76. The molecule has 7 nitrogen and oxygen atoms in total. The van der Waals surface area contributed by atoms with Crippen LogP contribution in [0.2, 0.25) is 4.34 Å². The Hall–Kier alpha value is -2.88. The highest BCUT2D eigenvalue weighted by molar-refractivity contribution is 7.94. The van der Waals surface area contributed by atoms with Crippen molar-refractivity contribution in [1.82, 2.24) is 4.98 Å². The summed E-state index contributed by atoms with van der Waals surface area (Å²) in [6, 6.07) is 11.2. The fraction of sp³-hybridized carbons (Fsp3) is 0.182. The molecule has 0 saturated carbocycles. The summed E-state index contributed by atoms with van der Waals surface area (Å²) in [5, 5.41) is 0. The van der Waals surface area contributed by atoms with Crippen molar-refractivity contribution < 1.29 is 22.8 Å². The van der Waals surface area contributed by atoms with Gasteiger partial charge in [0, 0.05) is 18.2 Å². The maximum Gasteiger partial charge on any atom is 0.266 e. The molecule has 0 fully saturated rings. The van der Waals surface area contributed by atoms with Gasteiger partial charge in [0.15, 0.2) is 15.6 Å². The first-order valence-corrected chi connectivity index (χ1v) is 12.4. The predicted octanol–water partition coefficient (Wildman–Crippen LogP) is 3.42. The number of imide groups is 1. The van der Waals surface area contributed by atoms with E-state index in [9.17, 15) is 22.8 Å². The van der Waals surface area contributed by atoms with Crippen LogP contribution < -0.4 is 4.90 Å². The molecule has 2 aromatic heterocycles. The molecule has 1 aliphatic heterocycles. The van der Waals surface area contributed by atoms with Crippen molar-refractivity contribution in [3.8, 4) is 0 Å². The number of benzene rings is 1. The van der Waals surface area contributed by atoms with E-state index >= 15 is 0 Å². The van der Waals surface area contributed by atoms with Gasteiger partial charge in [0.25, 0.3) is 5.91 Å². The quantitative estimate of drug-likeness (QED) is 0.493. The molecule has 1 aliphatic rings. The maximum absolute atomic E-state index is 12.9. The second-order valence-electron chi connectivity index (χ2n) is 7.43. The average molecular weight is 489 g/mol. The molecule has 2 amide bonds. The Morgan fingerprint density at radius 1 is 1.16 bits per heavy atom. The molecular weight excluding hydrogens is 472 g/mol. The van der Waals surface area contributed by atoms with E-state index in [4.69, 9.17) is 11.6 Å². The van der Waals surface area contributed by atoms with Crippen molar-refractivity contribution >= 4 is 56.2 Å². The molecule has 0 atom stereocenters. The number of sulfone groups is 1. The Kier molecular flexibility index (Phi) is 5.98. The number of hydrogen-bond donors (Lipinski definition) is 0. The van der Waals surface area contributed by atoms with E-state index in [1.54, 1.807) is 18.2 Å². The fourth-order valence-corrected chi connectivity index (χ4v) is 6.24. The number of hydrogen-bond acceptors (Lipinski definition) is 7. The van der Waals surface area contributed by atoms with Crippen LogP contribution in [-0.4, -0.2) is 36.8 Å². The third-order valence-corrected chi connectivity index (χ3v) is 8.42. The topological polar surface area (TPSA) is 101 Å². The SMILES string of the molecule is Cc1ccc2c(c1)C(=O)N(c1ccc(CC(=O)CS(=O)(=O)c3ccc(Cl)s3)cn1)C(=O)C2. The lowest BCUT2D eigenvalue weighted by Crippen LogP contribution is -2.43. The number of ketones is 1. The maximum atomic E-state index is 12.9. The molecule has 10 heteroatoms. The number of rotatable bonds is 6. The second-order valence-corrected chi connectivity index (χ2v) is 11.4. The largest absolute Gasteiger partial charge is 0.298 e. The number of aromatic nitrogens is 1. The predicted molar refractivity (Wildman–Crippen MR) is 121 cm³/mol. The van der Waals surface area contributed by atoms with Crippen LogP contribution in [-0.2, 0) is 32.3 Å². The first-order valence-electron chi connectivity index (χ1n) is 9.55. The molecule has 4 rings (SSSR count). The Morgan fingerprint density at radius 2 is 1.94 bits per heavy atom. The van der Waals surface area contributed by atoms with E-state index in [2.05, 4.69) is 4.98 Å². The first kappa shape index (κ1) is 22.3. The van der Waals surface area contributed by atoms with Gasteiger partial charge in [0.2, 0.25) is 5.91 Å².